The standard InChI is InChI=1S/C21H37N5O2S/c1-7-8-11-26-20(16-24(5)14-19-15-25(6)23-18(19)4)13-22-21(26)29(27,28)12-9-10-17(2)3/h13,15,17H,7-12,14,16H2,1-6H3. The van der Waals surface area contributed by atoms with E-state index in [1.807, 2.05) is 36.5 Å². The first-order valence-corrected chi connectivity index (χ1v) is 12.2. The zero-order chi connectivity index (χ0) is 21.6. The van der Waals surface area contributed by atoms with Gasteiger partial charge in [-0.15, -0.1) is 0 Å². The first kappa shape index (κ1) is 23.6. The van der Waals surface area contributed by atoms with Gasteiger partial charge in [0.1, 0.15) is 0 Å². The molecule has 0 spiro atoms. The molecule has 2 aromatic rings. The molecular weight excluding hydrogens is 386 g/mol. The van der Waals surface area contributed by atoms with Gasteiger partial charge in [0, 0.05) is 38.4 Å². The van der Waals surface area contributed by atoms with Crippen LogP contribution in [0.2, 0.25) is 0 Å². The van der Waals surface area contributed by atoms with Crippen molar-refractivity contribution in [1.29, 1.82) is 0 Å². The Balaban J connectivity index is 2.18. The molecule has 0 unspecified atom stereocenters. The summed E-state index contributed by atoms with van der Waals surface area (Å²) in [6.45, 7) is 10.5. The molecule has 0 N–H and O–H groups in total. The topological polar surface area (TPSA) is 73.0 Å². The molecule has 0 saturated heterocycles. The highest BCUT2D eigenvalue weighted by molar-refractivity contribution is 7.91. The van der Waals surface area contributed by atoms with Crippen LogP contribution in [-0.4, -0.2) is 45.4 Å². The number of unbranched alkanes of at least 4 members (excludes halogenated alkanes) is 1. The van der Waals surface area contributed by atoms with E-state index < -0.39 is 9.84 Å². The van der Waals surface area contributed by atoms with Gasteiger partial charge in [0.25, 0.3) is 0 Å². The first-order valence-electron chi connectivity index (χ1n) is 10.6. The third-order valence-electron chi connectivity index (χ3n) is 5.10. The summed E-state index contributed by atoms with van der Waals surface area (Å²) in [7, 11) is 0.591. The average Bonchev–Trinajstić information content (AvgIpc) is 3.15. The fourth-order valence-corrected chi connectivity index (χ4v) is 5.01. The summed E-state index contributed by atoms with van der Waals surface area (Å²) in [5.74, 6) is 0.670. The Morgan fingerprint density at radius 3 is 2.52 bits per heavy atom. The fraction of sp³-hybridized carbons (Fsp3) is 0.714. The monoisotopic (exact) mass is 423 g/mol. The van der Waals surface area contributed by atoms with Gasteiger partial charge in [0.15, 0.2) is 0 Å². The van der Waals surface area contributed by atoms with Crippen molar-refractivity contribution in [2.75, 3.05) is 12.8 Å². The maximum atomic E-state index is 12.9. The van der Waals surface area contributed by atoms with Crippen molar-refractivity contribution in [1.82, 2.24) is 24.2 Å². The molecule has 164 valence electrons. The predicted molar refractivity (Wildman–Crippen MR) is 116 cm³/mol. The van der Waals surface area contributed by atoms with Gasteiger partial charge in [-0.05, 0) is 39.2 Å². The van der Waals surface area contributed by atoms with Crippen LogP contribution in [0.3, 0.4) is 0 Å². The van der Waals surface area contributed by atoms with Crippen molar-refractivity contribution in [3.05, 3.63) is 29.3 Å². The Bertz CT molecular complexity index is 883. The number of nitrogens with zero attached hydrogens (tertiary/aromatic N) is 5. The minimum Gasteiger partial charge on any atom is -0.318 e. The molecular formula is C21H37N5O2S. The van der Waals surface area contributed by atoms with Crippen LogP contribution in [-0.2, 0) is 36.5 Å². The third kappa shape index (κ3) is 6.67. The van der Waals surface area contributed by atoms with Crippen molar-refractivity contribution in [3.63, 3.8) is 0 Å². The van der Waals surface area contributed by atoms with Crippen LogP contribution >= 0.6 is 0 Å². The lowest BCUT2D eigenvalue weighted by Crippen LogP contribution is -2.22. The van der Waals surface area contributed by atoms with E-state index in [0.717, 1.165) is 37.2 Å². The van der Waals surface area contributed by atoms with Gasteiger partial charge in [-0.2, -0.15) is 5.10 Å². The van der Waals surface area contributed by atoms with Gasteiger partial charge in [-0.3, -0.25) is 9.58 Å². The van der Waals surface area contributed by atoms with Gasteiger partial charge in [0.05, 0.1) is 23.3 Å². The lowest BCUT2D eigenvalue weighted by atomic mass is 10.1. The molecule has 2 aromatic heterocycles. The SMILES string of the molecule is CCCCn1c(CN(C)Cc2cn(C)nc2C)cnc1S(=O)(=O)CCCC(C)C. The number of sulfone groups is 1. The summed E-state index contributed by atoms with van der Waals surface area (Å²) < 4.78 is 29.6. The zero-order valence-electron chi connectivity index (χ0n) is 18.8. The maximum Gasteiger partial charge on any atom is 0.227 e. The number of hydrogen-bond donors (Lipinski definition) is 0. The molecule has 0 aliphatic carbocycles. The molecule has 0 radical (unpaired) electrons. The molecule has 0 amide bonds. The molecule has 0 saturated carbocycles. The van der Waals surface area contributed by atoms with Crippen molar-refractivity contribution in [3.8, 4) is 0 Å². The quantitative estimate of drug-likeness (QED) is 0.522. The van der Waals surface area contributed by atoms with Crippen LogP contribution in [0, 0.1) is 12.8 Å². The van der Waals surface area contributed by atoms with Crippen LogP contribution in [0.5, 0.6) is 0 Å². The van der Waals surface area contributed by atoms with Gasteiger partial charge >= 0.3 is 0 Å². The number of hydrogen-bond acceptors (Lipinski definition) is 5. The van der Waals surface area contributed by atoms with E-state index in [4.69, 9.17) is 0 Å². The van der Waals surface area contributed by atoms with E-state index in [9.17, 15) is 8.42 Å². The molecule has 0 aliphatic heterocycles. The molecule has 0 aromatic carbocycles. The Kier molecular flexibility index (Phi) is 8.46. The molecule has 0 atom stereocenters. The third-order valence-corrected chi connectivity index (χ3v) is 6.81. The van der Waals surface area contributed by atoms with E-state index in [0.29, 0.717) is 25.4 Å². The Morgan fingerprint density at radius 2 is 1.93 bits per heavy atom. The van der Waals surface area contributed by atoms with Crippen molar-refractivity contribution in [2.45, 2.75) is 78.2 Å². The van der Waals surface area contributed by atoms with Crippen molar-refractivity contribution >= 4 is 9.84 Å². The minimum atomic E-state index is -3.37. The zero-order valence-corrected chi connectivity index (χ0v) is 19.7. The molecule has 2 heterocycles. The maximum absolute atomic E-state index is 12.9. The first-order chi connectivity index (χ1) is 13.6. The van der Waals surface area contributed by atoms with Crippen LogP contribution in [0.25, 0.3) is 0 Å². The van der Waals surface area contributed by atoms with E-state index in [2.05, 4.69) is 35.8 Å². The summed E-state index contributed by atoms with van der Waals surface area (Å²) in [6, 6.07) is 0. The van der Waals surface area contributed by atoms with Crippen molar-refractivity contribution < 1.29 is 8.42 Å². The second-order valence-corrected chi connectivity index (χ2v) is 10.5. The van der Waals surface area contributed by atoms with E-state index in [1.54, 1.807) is 6.20 Å². The summed E-state index contributed by atoms with van der Waals surface area (Å²) in [6.07, 6.45) is 7.30. The molecule has 2 rings (SSSR count). The smallest absolute Gasteiger partial charge is 0.227 e. The highest BCUT2D eigenvalue weighted by atomic mass is 32.2. The van der Waals surface area contributed by atoms with Crippen LogP contribution in [0.15, 0.2) is 17.6 Å². The molecule has 0 aliphatic rings. The van der Waals surface area contributed by atoms with Crippen LogP contribution in [0.1, 0.15) is 63.4 Å². The second-order valence-electron chi connectivity index (χ2n) is 8.48. The fourth-order valence-electron chi connectivity index (χ4n) is 3.52. The van der Waals surface area contributed by atoms with E-state index in [-0.39, 0.29) is 10.9 Å². The summed E-state index contributed by atoms with van der Waals surface area (Å²) in [5, 5.41) is 4.63. The van der Waals surface area contributed by atoms with Gasteiger partial charge in [0.2, 0.25) is 15.0 Å². The number of imidazole rings is 1. The normalized spacial score (nSPS) is 12.4. The number of aromatic nitrogens is 4. The Labute approximate surface area is 176 Å². The van der Waals surface area contributed by atoms with Crippen molar-refractivity contribution in [2.24, 2.45) is 13.0 Å². The highest BCUT2D eigenvalue weighted by Crippen LogP contribution is 2.19. The molecule has 0 bridgehead atoms. The molecule has 8 heteroatoms. The van der Waals surface area contributed by atoms with E-state index in [1.165, 1.54) is 5.56 Å². The molecule has 29 heavy (non-hydrogen) atoms. The lowest BCUT2D eigenvalue weighted by molar-refractivity contribution is 0.306. The van der Waals surface area contributed by atoms with Gasteiger partial charge < -0.3 is 4.57 Å². The largest absolute Gasteiger partial charge is 0.318 e. The summed E-state index contributed by atoms with van der Waals surface area (Å²) in [5.41, 5.74) is 3.15. The minimum absolute atomic E-state index is 0.165. The summed E-state index contributed by atoms with van der Waals surface area (Å²) in [4.78, 5) is 6.53. The Hall–Kier alpha value is -1.67. The second kappa shape index (κ2) is 10.4. The van der Waals surface area contributed by atoms with Crippen LogP contribution < -0.4 is 0 Å². The highest BCUT2D eigenvalue weighted by Gasteiger charge is 2.23. The van der Waals surface area contributed by atoms with Gasteiger partial charge in [-0.1, -0.05) is 27.2 Å². The molecule has 7 nitrogen and oxygen atoms in total. The average molecular weight is 424 g/mol. The van der Waals surface area contributed by atoms with Crippen LogP contribution in [0.4, 0.5) is 0 Å². The van der Waals surface area contributed by atoms with Gasteiger partial charge in [-0.25, -0.2) is 13.4 Å². The molecule has 0 fully saturated rings. The number of aryl methyl sites for hydroxylation is 2. The summed E-state index contributed by atoms with van der Waals surface area (Å²) >= 11 is 0. The number of rotatable bonds is 12. The Morgan fingerprint density at radius 1 is 1.21 bits per heavy atom. The van der Waals surface area contributed by atoms with E-state index >= 15 is 0 Å². The predicted octanol–water partition coefficient (Wildman–Crippen LogP) is 3.57. The lowest BCUT2D eigenvalue weighted by Gasteiger charge is -2.18.